The molecule has 0 radical (unpaired) electrons. The Morgan fingerprint density at radius 3 is 2.29 bits per heavy atom. The van der Waals surface area contributed by atoms with Crippen molar-refractivity contribution in [2.45, 2.75) is 26.9 Å². The molecule has 0 aliphatic carbocycles. The van der Waals surface area contributed by atoms with Crippen LogP contribution in [0, 0.1) is 13.8 Å². The van der Waals surface area contributed by atoms with Gasteiger partial charge in [0.15, 0.2) is 6.61 Å². The van der Waals surface area contributed by atoms with E-state index in [9.17, 15) is 19.2 Å². The molecule has 0 saturated heterocycles. The minimum absolute atomic E-state index is 0.257. The van der Waals surface area contributed by atoms with Crippen molar-refractivity contribution in [2.75, 3.05) is 11.9 Å². The summed E-state index contributed by atoms with van der Waals surface area (Å²) in [5, 5.41) is 2.71. The zero-order valence-corrected chi connectivity index (χ0v) is 17.3. The topological polar surface area (TPSA) is 99.4 Å². The second kappa shape index (κ2) is 9.71. The largest absolute Gasteiger partial charge is 0.454 e. The number of hydrogen-bond acceptors (Lipinski definition) is 5. The molecule has 1 heterocycles. The van der Waals surface area contributed by atoms with Crippen molar-refractivity contribution in [1.29, 1.82) is 0 Å². The molecule has 0 aliphatic rings. The maximum Gasteiger partial charge on any atom is 0.331 e. The second-order valence-corrected chi connectivity index (χ2v) is 7.11. The molecule has 160 valence electrons. The van der Waals surface area contributed by atoms with Gasteiger partial charge < -0.3 is 10.1 Å². The lowest BCUT2D eigenvalue weighted by molar-refractivity contribution is -0.148. The summed E-state index contributed by atoms with van der Waals surface area (Å²) in [7, 11) is 0. The molecule has 1 N–H and O–H groups in total. The van der Waals surface area contributed by atoms with Crippen LogP contribution in [0.1, 0.15) is 16.7 Å². The van der Waals surface area contributed by atoms with Crippen LogP contribution in [0.15, 0.2) is 70.4 Å². The summed E-state index contributed by atoms with van der Waals surface area (Å²) in [6.45, 7) is 2.87. The molecule has 2 aromatic carbocycles. The molecule has 8 nitrogen and oxygen atoms in total. The Hall–Kier alpha value is -3.94. The van der Waals surface area contributed by atoms with Gasteiger partial charge in [-0.2, -0.15) is 0 Å². The number of hydrogen-bond donors (Lipinski definition) is 1. The number of aromatic nitrogens is 2. The fourth-order valence-electron chi connectivity index (χ4n) is 3.11. The van der Waals surface area contributed by atoms with E-state index >= 15 is 0 Å². The molecule has 3 aromatic rings. The lowest BCUT2D eigenvalue weighted by Gasteiger charge is -2.12. The molecule has 0 fully saturated rings. The average molecular weight is 421 g/mol. The number of nitrogens with zero attached hydrogens (tertiary/aromatic N) is 2. The third-order valence-corrected chi connectivity index (χ3v) is 4.73. The van der Waals surface area contributed by atoms with Crippen molar-refractivity contribution in [3.63, 3.8) is 0 Å². The van der Waals surface area contributed by atoms with Crippen LogP contribution >= 0.6 is 0 Å². The quantitative estimate of drug-likeness (QED) is 0.587. The van der Waals surface area contributed by atoms with Crippen molar-refractivity contribution < 1.29 is 14.3 Å². The van der Waals surface area contributed by atoms with Crippen LogP contribution in [0.4, 0.5) is 5.69 Å². The molecule has 3 rings (SSSR count). The third kappa shape index (κ3) is 5.57. The van der Waals surface area contributed by atoms with Crippen LogP contribution in [0.25, 0.3) is 0 Å². The normalized spacial score (nSPS) is 10.5. The number of aryl methyl sites for hydroxylation is 2. The third-order valence-electron chi connectivity index (χ3n) is 4.73. The SMILES string of the molecule is Cc1cccc(C)c1NC(=O)COC(=O)Cn1c(=O)ccn(Cc2ccccc2)c1=O. The van der Waals surface area contributed by atoms with Gasteiger partial charge in [-0.05, 0) is 30.5 Å². The van der Waals surface area contributed by atoms with E-state index < -0.39 is 36.3 Å². The summed E-state index contributed by atoms with van der Waals surface area (Å²) < 4.78 is 7.09. The fourth-order valence-corrected chi connectivity index (χ4v) is 3.11. The zero-order chi connectivity index (χ0) is 22.4. The van der Waals surface area contributed by atoms with E-state index in [0.29, 0.717) is 5.69 Å². The molecule has 0 spiro atoms. The van der Waals surface area contributed by atoms with E-state index in [2.05, 4.69) is 5.32 Å². The number of benzene rings is 2. The first-order chi connectivity index (χ1) is 14.8. The van der Waals surface area contributed by atoms with E-state index in [-0.39, 0.29) is 6.54 Å². The molecule has 0 unspecified atom stereocenters. The van der Waals surface area contributed by atoms with Crippen LogP contribution in [-0.2, 0) is 27.4 Å². The first-order valence-corrected chi connectivity index (χ1v) is 9.71. The van der Waals surface area contributed by atoms with Crippen molar-refractivity contribution in [1.82, 2.24) is 9.13 Å². The van der Waals surface area contributed by atoms with Crippen LogP contribution in [0.3, 0.4) is 0 Å². The van der Waals surface area contributed by atoms with E-state index in [4.69, 9.17) is 4.74 Å². The molecule has 0 aliphatic heterocycles. The highest BCUT2D eigenvalue weighted by atomic mass is 16.5. The van der Waals surface area contributed by atoms with Crippen molar-refractivity contribution in [3.05, 3.63) is 98.3 Å². The van der Waals surface area contributed by atoms with E-state index in [1.54, 1.807) is 0 Å². The highest BCUT2D eigenvalue weighted by Gasteiger charge is 2.14. The number of carbonyl (C=O) groups excluding carboxylic acids is 2. The highest BCUT2D eigenvalue weighted by Crippen LogP contribution is 2.19. The molecule has 0 atom stereocenters. The van der Waals surface area contributed by atoms with Crippen LogP contribution in [0.2, 0.25) is 0 Å². The summed E-state index contributed by atoms with van der Waals surface area (Å²) in [6, 6.07) is 16.1. The Morgan fingerprint density at radius 2 is 1.61 bits per heavy atom. The summed E-state index contributed by atoms with van der Waals surface area (Å²) in [6.07, 6.45) is 1.39. The standard InChI is InChI=1S/C23H23N3O5/c1-16-7-6-8-17(2)22(16)24-19(27)15-31-21(29)14-26-20(28)11-12-25(23(26)30)13-18-9-4-3-5-10-18/h3-12H,13-15H2,1-2H3,(H,24,27). The highest BCUT2D eigenvalue weighted by molar-refractivity contribution is 5.94. The predicted molar refractivity (Wildman–Crippen MR) is 116 cm³/mol. The molecule has 1 aromatic heterocycles. The lowest BCUT2D eigenvalue weighted by atomic mass is 10.1. The molecule has 0 bridgehead atoms. The number of ether oxygens (including phenoxy) is 1. The van der Waals surface area contributed by atoms with Gasteiger partial charge in [-0.25, -0.2) is 9.36 Å². The minimum atomic E-state index is -0.853. The number of nitrogens with one attached hydrogen (secondary N) is 1. The second-order valence-electron chi connectivity index (χ2n) is 7.11. The Labute approximate surface area is 178 Å². The zero-order valence-electron chi connectivity index (χ0n) is 17.3. The summed E-state index contributed by atoms with van der Waals surface area (Å²) in [5.74, 6) is -1.36. The molecule has 0 saturated carbocycles. The van der Waals surface area contributed by atoms with Gasteiger partial charge in [0, 0.05) is 18.0 Å². The summed E-state index contributed by atoms with van der Waals surface area (Å²) in [4.78, 5) is 49.0. The molecule has 8 heteroatoms. The minimum Gasteiger partial charge on any atom is -0.454 e. The average Bonchev–Trinajstić information content (AvgIpc) is 2.75. The van der Waals surface area contributed by atoms with E-state index in [0.717, 1.165) is 21.3 Å². The summed E-state index contributed by atoms with van der Waals surface area (Å²) >= 11 is 0. The fraction of sp³-hybridized carbons (Fsp3) is 0.217. The Kier molecular flexibility index (Phi) is 6.81. The van der Waals surface area contributed by atoms with Crippen LogP contribution in [0.5, 0.6) is 0 Å². The Morgan fingerprint density at radius 1 is 0.935 bits per heavy atom. The first kappa shape index (κ1) is 21.8. The van der Waals surface area contributed by atoms with Crippen molar-refractivity contribution in [3.8, 4) is 0 Å². The van der Waals surface area contributed by atoms with Crippen molar-refractivity contribution >= 4 is 17.6 Å². The molecular formula is C23H23N3O5. The van der Waals surface area contributed by atoms with Gasteiger partial charge in [0.05, 0.1) is 6.54 Å². The van der Waals surface area contributed by atoms with E-state index in [1.165, 1.54) is 16.8 Å². The number of esters is 1. The monoisotopic (exact) mass is 421 g/mol. The lowest BCUT2D eigenvalue weighted by Crippen LogP contribution is -2.41. The van der Waals surface area contributed by atoms with Gasteiger partial charge >= 0.3 is 11.7 Å². The number of para-hydroxylation sites is 1. The van der Waals surface area contributed by atoms with Gasteiger partial charge in [0.1, 0.15) is 6.54 Å². The van der Waals surface area contributed by atoms with E-state index in [1.807, 2.05) is 62.4 Å². The van der Waals surface area contributed by atoms with Gasteiger partial charge in [-0.1, -0.05) is 48.5 Å². The van der Waals surface area contributed by atoms with Gasteiger partial charge in [-0.15, -0.1) is 0 Å². The predicted octanol–water partition coefficient (Wildman–Crippen LogP) is 1.86. The molecule has 1 amide bonds. The molecular weight excluding hydrogens is 398 g/mol. The summed E-state index contributed by atoms with van der Waals surface area (Å²) in [5.41, 5.74) is 2.05. The Bertz CT molecular complexity index is 1190. The van der Waals surface area contributed by atoms with Crippen LogP contribution < -0.4 is 16.6 Å². The number of amides is 1. The number of anilines is 1. The van der Waals surface area contributed by atoms with Crippen LogP contribution in [-0.4, -0.2) is 27.6 Å². The van der Waals surface area contributed by atoms with Gasteiger partial charge in [0.25, 0.3) is 11.5 Å². The molecule has 31 heavy (non-hydrogen) atoms. The number of rotatable bonds is 7. The first-order valence-electron chi connectivity index (χ1n) is 9.71. The van der Waals surface area contributed by atoms with Gasteiger partial charge in [0.2, 0.25) is 0 Å². The Balaban J connectivity index is 1.64. The van der Waals surface area contributed by atoms with Crippen molar-refractivity contribution in [2.24, 2.45) is 0 Å². The smallest absolute Gasteiger partial charge is 0.331 e. The number of carbonyl (C=O) groups is 2. The maximum absolute atomic E-state index is 12.6. The maximum atomic E-state index is 12.6. The van der Waals surface area contributed by atoms with Gasteiger partial charge in [-0.3, -0.25) is 19.0 Å².